The molecule has 1 saturated heterocycles. The molecule has 0 aliphatic carbocycles. The molecule has 0 N–H and O–H groups in total. The van der Waals surface area contributed by atoms with Gasteiger partial charge in [0, 0.05) is 12.2 Å². The second-order valence-electron chi connectivity index (χ2n) is 10.3. The summed E-state index contributed by atoms with van der Waals surface area (Å²) in [5.41, 5.74) is 1.99. The van der Waals surface area contributed by atoms with Crippen LogP contribution in [-0.4, -0.2) is 35.1 Å². The first-order valence-electron chi connectivity index (χ1n) is 13.8. The summed E-state index contributed by atoms with van der Waals surface area (Å²) in [6.45, 7) is 5.34. The lowest BCUT2D eigenvalue weighted by molar-refractivity contribution is 0.0885. The van der Waals surface area contributed by atoms with Gasteiger partial charge in [-0.1, -0.05) is 135 Å². The maximum Gasteiger partial charge on any atom is 0.410 e. The van der Waals surface area contributed by atoms with Crippen LogP contribution >= 0.6 is 17.2 Å². The van der Waals surface area contributed by atoms with Gasteiger partial charge in [-0.15, -0.1) is 9.24 Å². The molecule has 1 heterocycles. The number of hydrogen-bond donors (Lipinski definition) is 0. The fourth-order valence-corrected chi connectivity index (χ4v) is 10.4. The summed E-state index contributed by atoms with van der Waals surface area (Å²) in [7, 11) is 2.23. The van der Waals surface area contributed by atoms with Crippen LogP contribution in [0.15, 0.2) is 121 Å². The molecule has 1 unspecified atom stereocenters. The van der Waals surface area contributed by atoms with Gasteiger partial charge in [-0.05, 0) is 43.0 Å². The van der Waals surface area contributed by atoms with Crippen LogP contribution in [0.5, 0.6) is 0 Å². The normalized spacial score (nSPS) is 20.2. The number of amides is 1. The molecule has 39 heavy (non-hydrogen) atoms. The van der Waals surface area contributed by atoms with Crippen LogP contribution in [-0.2, 0) is 10.2 Å². The van der Waals surface area contributed by atoms with Crippen molar-refractivity contribution in [3.63, 3.8) is 0 Å². The van der Waals surface area contributed by atoms with Crippen molar-refractivity contribution in [2.45, 2.75) is 43.0 Å². The number of nitrogens with zero attached hydrogens (tertiary/aromatic N) is 1. The second kappa shape index (κ2) is 12.0. The maximum atomic E-state index is 13.8. The first kappa shape index (κ1) is 27.6. The Labute approximate surface area is 236 Å². The Morgan fingerprint density at radius 1 is 0.821 bits per heavy atom. The van der Waals surface area contributed by atoms with Crippen LogP contribution in [0.1, 0.15) is 37.8 Å². The van der Waals surface area contributed by atoms with E-state index in [1.165, 1.54) is 21.7 Å². The highest BCUT2D eigenvalue weighted by atomic mass is 31.1. The molecule has 200 valence electrons. The molecule has 3 nitrogen and oxygen atoms in total. The van der Waals surface area contributed by atoms with Crippen molar-refractivity contribution in [2.24, 2.45) is 0 Å². The van der Waals surface area contributed by atoms with E-state index in [0.29, 0.717) is 13.2 Å². The number of carbonyl (C=O) groups is 1. The van der Waals surface area contributed by atoms with Gasteiger partial charge in [0.1, 0.15) is 0 Å². The fourth-order valence-electron chi connectivity index (χ4n) is 6.20. The Bertz CT molecular complexity index is 1270. The predicted octanol–water partition coefficient (Wildman–Crippen LogP) is 7.32. The van der Waals surface area contributed by atoms with E-state index in [-0.39, 0.29) is 11.8 Å². The zero-order valence-electron chi connectivity index (χ0n) is 22.7. The molecule has 0 saturated carbocycles. The van der Waals surface area contributed by atoms with Crippen molar-refractivity contribution in [1.82, 2.24) is 4.90 Å². The largest absolute Gasteiger partial charge is 0.449 e. The third-order valence-electron chi connectivity index (χ3n) is 8.00. The van der Waals surface area contributed by atoms with Crippen molar-refractivity contribution in [2.75, 3.05) is 13.2 Å². The van der Waals surface area contributed by atoms with Crippen molar-refractivity contribution >= 4 is 33.9 Å². The number of unbranched alkanes of at least 4 members (excludes halogenated alkanes) is 1. The van der Waals surface area contributed by atoms with E-state index in [9.17, 15) is 4.79 Å². The molecule has 4 aromatic rings. The Morgan fingerprint density at radius 2 is 1.26 bits per heavy atom. The molecule has 1 aliphatic heterocycles. The molecule has 0 aromatic heterocycles. The molecule has 0 spiro atoms. The summed E-state index contributed by atoms with van der Waals surface area (Å²) >= 11 is 0. The molecular weight excluding hydrogens is 516 g/mol. The Kier molecular flexibility index (Phi) is 8.51. The van der Waals surface area contributed by atoms with Crippen molar-refractivity contribution < 1.29 is 9.53 Å². The average molecular weight is 554 g/mol. The van der Waals surface area contributed by atoms with Gasteiger partial charge in [-0.25, -0.2) is 4.79 Å². The predicted molar refractivity (Wildman–Crippen MR) is 168 cm³/mol. The van der Waals surface area contributed by atoms with Gasteiger partial charge in [-0.3, -0.25) is 4.90 Å². The fraction of sp³-hybridized carbons (Fsp3) is 0.265. The molecular formula is C34H37NO2P2. The van der Waals surface area contributed by atoms with Gasteiger partial charge < -0.3 is 4.74 Å². The summed E-state index contributed by atoms with van der Waals surface area (Å²) in [4.78, 5) is 15.8. The van der Waals surface area contributed by atoms with E-state index in [4.69, 9.17) is 4.74 Å². The molecule has 3 atom stereocenters. The molecule has 1 aliphatic rings. The first-order valence-corrected chi connectivity index (χ1v) is 15.7. The van der Waals surface area contributed by atoms with Gasteiger partial charge in [0.15, 0.2) is 0 Å². The van der Waals surface area contributed by atoms with Crippen LogP contribution in [0, 0.1) is 0 Å². The molecule has 5 heteroatoms. The van der Waals surface area contributed by atoms with Crippen LogP contribution in [0.3, 0.4) is 0 Å². The van der Waals surface area contributed by atoms with Crippen LogP contribution in [0.2, 0.25) is 0 Å². The number of likely N-dealkylation sites (tertiary alicyclic amines) is 1. The summed E-state index contributed by atoms with van der Waals surface area (Å²) in [6, 6.07) is 43.2. The molecule has 0 radical (unpaired) electrons. The zero-order chi connectivity index (χ0) is 27.3. The molecule has 0 bridgehead atoms. The van der Waals surface area contributed by atoms with E-state index in [1.807, 2.05) is 4.90 Å². The summed E-state index contributed by atoms with van der Waals surface area (Å²) < 4.78 is 5.89. The van der Waals surface area contributed by atoms with E-state index in [2.05, 4.69) is 144 Å². The minimum atomic E-state index is -0.876. The van der Waals surface area contributed by atoms with E-state index >= 15 is 0 Å². The monoisotopic (exact) mass is 553 g/mol. The average Bonchev–Trinajstić information content (AvgIpc) is 3.22. The van der Waals surface area contributed by atoms with Crippen molar-refractivity contribution in [3.8, 4) is 0 Å². The minimum absolute atomic E-state index is 0.0864. The van der Waals surface area contributed by atoms with Gasteiger partial charge in [-0.2, -0.15) is 0 Å². The number of ether oxygens (including phenoxy) is 1. The standard InChI is InChI=1S/C34H37NO2P2/c1-3-4-25-37-32(36)35-26-31(39(29-21-13-7-14-22-29)30-23-15-8-16-24-30)34(33(35,2)38,27-17-9-5-10-18-27)28-19-11-6-12-20-28/h5-24,31H,3-4,25-26,38H2,1-2H3/t31-,33+/m1/s1. The molecule has 1 amide bonds. The highest BCUT2D eigenvalue weighted by Gasteiger charge is 2.65. The Balaban J connectivity index is 1.79. The lowest BCUT2D eigenvalue weighted by atomic mass is 9.68. The van der Waals surface area contributed by atoms with E-state index in [1.54, 1.807) is 0 Å². The Hall–Kier alpha value is -2.99. The third kappa shape index (κ3) is 5.04. The van der Waals surface area contributed by atoms with E-state index < -0.39 is 18.6 Å². The summed E-state index contributed by atoms with van der Waals surface area (Å²) in [5, 5.41) is 1.97. The quantitative estimate of drug-likeness (QED) is 0.169. The highest BCUT2D eigenvalue weighted by Crippen LogP contribution is 2.64. The summed E-state index contributed by atoms with van der Waals surface area (Å²) in [6.07, 6.45) is 1.61. The summed E-state index contributed by atoms with van der Waals surface area (Å²) in [5.74, 6) is 0. The number of carbonyl (C=O) groups excluding carboxylic acids is 1. The first-order chi connectivity index (χ1) is 19.0. The number of hydrogen-bond acceptors (Lipinski definition) is 2. The van der Waals surface area contributed by atoms with Crippen LogP contribution in [0.25, 0.3) is 0 Å². The topological polar surface area (TPSA) is 29.5 Å². The van der Waals surface area contributed by atoms with Crippen molar-refractivity contribution in [1.29, 1.82) is 0 Å². The van der Waals surface area contributed by atoms with Gasteiger partial charge in [0.2, 0.25) is 0 Å². The van der Waals surface area contributed by atoms with Crippen molar-refractivity contribution in [3.05, 3.63) is 132 Å². The smallest absolute Gasteiger partial charge is 0.410 e. The van der Waals surface area contributed by atoms with Gasteiger partial charge >= 0.3 is 6.09 Å². The number of benzene rings is 4. The zero-order valence-corrected chi connectivity index (χ0v) is 24.8. The van der Waals surface area contributed by atoms with Gasteiger partial charge in [0.25, 0.3) is 0 Å². The van der Waals surface area contributed by atoms with Crippen LogP contribution in [0.4, 0.5) is 4.79 Å². The molecule has 5 rings (SSSR count). The second-order valence-corrected chi connectivity index (χ2v) is 13.8. The molecule has 1 fully saturated rings. The molecule has 4 aromatic carbocycles. The van der Waals surface area contributed by atoms with Gasteiger partial charge in [0.05, 0.1) is 17.3 Å². The maximum absolute atomic E-state index is 13.8. The third-order valence-corrected chi connectivity index (χ3v) is 11.6. The van der Waals surface area contributed by atoms with Crippen LogP contribution < -0.4 is 10.6 Å². The highest BCUT2D eigenvalue weighted by molar-refractivity contribution is 7.73. The Morgan fingerprint density at radius 3 is 1.69 bits per heavy atom. The minimum Gasteiger partial charge on any atom is -0.449 e. The van der Waals surface area contributed by atoms with E-state index in [0.717, 1.165) is 12.8 Å². The lowest BCUT2D eigenvalue weighted by Gasteiger charge is -2.49. The SMILES string of the molecule is CCCCOC(=O)N1C[C@@H](P(c2ccccc2)c2ccccc2)C(c2ccccc2)(c2ccccc2)[C@]1(C)P. The lowest BCUT2D eigenvalue weighted by Crippen LogP contribution is -2.54. The number of rotatable bonds is 8.